The van der Waals surface area contributed by atoms with Crippen LogP contribution in [-0.4, -0.2) is 32.9 Å². The van der Waals surface area contributed by atoms with Gasteiger partial charge in [-0.15, -0.1) is 10.1 Å². The number of benzene rings is 2. The first-order chi connectivity index (χ1) is 13.5. The van der Waals surface area contributed by atoms with Crippen molar-refractivity contribution >= 4 is 37.3 Å². The molecule has 2 aromatic carbocycles. The fourth-order valence-electron chi connectivity index (χ4n) is 2.79. The lowest BCUT2D eigenvalue weighted by atomic mass is 10.1. The first-order valence-corrected chi connectivity index (χ1v) is 11.3. The van der Waals surface area contributed by atoms with E-state index in [2.05, 4.69) is 10.2 Å². The number of anilines is 1. The van der Waals surface area contributed by atoms with Gasteiger partial charge in [-0.1, -0.05) is 35.9 Å². The summed E-state index contributed by atoms with van der Waals surface area (Å²) >= 11 is 5.91. The van der Waals surface area contributed by atoms with Crippen LogP contribution in [0.2, 0.25) is 5.02 Å². The molecule has 29 heavy (non-hydrogen) atoms. The van der Waals surface area contributed by atoms with Gasteiger partial charge in [-0.25, -0.2) is 22.0 Å². The molecule has 0 amide bonds. The number of hydrogen-bond donors (Lipinski definition) is 2. The Morgan fingerprint density at radius 2 is 1.97 bits per heavy atom. The van der Waals surface area contributed by atoms with E-state index in [9.17, 15) is 26.9 Å². The second-order valence-corrected chi connectivity index (χ2v) is 9.93. The van der Waals surface area contributed by atoms with Crippen LogP contribution in [0.1, 0.15) is 11.1 Å². The Balaban J connectivity index is 1.91. The van der Waals surface area contributed by atoms with Crippen molar-refractivity contribution < 1.29 is 26.8 Å². The van der Waals surface area contributed by atoms with Gasteiger partial charge >= 0.3 is 0 Å². The Morgan fingerprint density at radius 3 is 2.62 bits per heavy atom. The van der Waals surface area contributed by atoms with Crippen molar-refractivity contribution in [3.05, 3.63) is 62.7 Å². The summed E-state index contributed by atoms with van der Waals surface area (Å²) in [5, 5.41) is 17.2. The maximum Gasteiger partial charge on any atom is 0.294 e. The van der Waals surface area contributed by atoms with E-state index in [1.54, 1.807) is 24.3 Å². The molecule has 0 fully saturated rings. The molecular weight excluding hydrogens is 448 g/mol. The van der Waals surface area contributed by atoms with Gasteiger partial charge in [0, 0.05) is 6.54 Å². The zero-order chi connectivity index (χ0) is 21.4. The number of hydrogen-bond acceptors (Lipinski definition) is 8. The smallest absolute Gasteiger partial charge is 0.294 e. The molecule has 1 aliphatic rings. The number of fused-ring (bicyclic) bond motifs is 1. The number of rotatable bonds is 6. The van der Waals surface area contributed by atoms with Crippen molar-refractivity contribution in [3.63, 3.8) is 0 Å². The molecule has 3 rings (SSSR count). The van der Waals surface area contributed by atoms with E-state index in [-0.39, 0.29) is 35.4 Å². The summed E-state index contributed by atoms with van der Waals surface area (Å²) in [4.78, 5) is 13.9. The van der Waals surface area contributed by atoms with Gasteiger partial charge in [-0.05, 0) is 23.3 Å². The average Bonchev–Trinajstić information content (AvgIpc) is 2.61. The minimum Gasteiger partial charge on any atom is -0.370 e. The molecule has 2 aromatic rings. The Labute approximate surface area is 171 Å². The van der Waals surface area contributed by atoms with Crippen LogP contribution >= 0.6 is 11.6 Å². The third kappa shape index (κ3) is 4.59. The van der Waals surface area contributed by atoms with Crippen LogP contribution in [0.25, 0.3) is 0 Å². The topological polar surface area (TPSA) is 162 Å². The molecule has 14 heteroatoms. The van der Waals surface area contributed by atoms with Crippen molar-refractivity contribution in [1.29, 1.82) is 0 Å². The van der Waals surface area contributed by atoms with Gasteiger partial charge in [0.25, 0.3) is 5.09 Å². The van der Waals surface area contributed by atoms with Crippen LogP contribution in [-0.2, 0) is 38.0 Å². The summed E-state index contributed by atoms with van der Waals surface area (Å²) in [6.07, 6.45) is 0. The molecule has 156 valence electrons. The quantitative estimate of drug-likeness (QED) is 0.478. The lowest BCUT2D eigenvalue weighted by molar-refractivity contribution is -0.763. The Hall–Kier alpha value is -2.45. The van der Waals surface area contributed by atoms with E-state index < -0.39 is 30.0 Å². The fraction of sp³-hybridized carbons (Fsp3) is 0.200. The van der Waals surface area contributed by atoms with Gasteiger partial charge in [0.15, 0.2) is 0 Å². The molecule has 0 saturated heterocycles. The second kappa shape index (κ2) is 7.76. The van der Waals surface area contributed by atoms with E-state index in [0.29, 0.717) is 11.1 Å². The van der Waals surface area contributed by atoms with Gasteiger partial charge in [-0.2, -0.15) is 4.31 Å². The van der Waals surface area contributed by atoms with Gasteiger partial charge in [0.2, 0.25) is 20.0 Å². The maximum absolute atomic E-state index is 13.0. The second-order valence-electron chi connectivity index (χ2n) is 6.09. The summed E-state index contributed by atoms with van der Waals surface area (Å²) in [5.74, 6) is 0. The van der Waals surface area contributed by atoms with Crippen molar-refractivity contribution in [2.75, 3.05) is 12.0 Å². The number of nitrogens with two attached hydrogens (primary N) is 1. The summed E-state index contributed by atoms with van der Waals surface area (Å²) in [6, 6.07) is 8.56. The molecule has 0 radical (unpaired) electrons. The summed E-state index contributed by atoms with van der Waals surface area (Å²) in [7, 11) is -8.29. The molecule has 1 heterocycles. The zero-order valence-corrected chi connectivity index (χ0v) is 17.0. The highest BCUT2D eigenvalue weighted by Crippen LogP contribution is 2.35. The predicted molar refractivity (Wildman–Crippen MR) is 102 cm³/mol. The zero-order valence-electron chi connectivity index (χ0n) is 14.6. The maximum atomic E-state index is 13.0. The van der Waals surface area contributed by atoms with E-state index in [1.807, 2.05) is 0 Å². The predicted octanol–water partition coefficient (Wildman–Crippen LogP) is 1.27. The minimum absolute atomic E-state index is 0.0611. The van der Waals surface area contributed by atoms with Crippen LogP contribution in [0, 0.1) is 10.1 Å². The van der Waals surface area contributed by atoms with E-state index in [0.717, 1.165) is 10.4 Å². The highest BCUT2D eigenvalue weighted by atomic mass is 35.5. The average molecular weight is 463 g/mol. The highest BCUT2D eigenvalue weighted by Gasteiger charge is 2.33. The highest BCUT2D eigenvalue weighted by molar-refractivity contribution is 7.90. The lowest BCUT2D eigenvalue weighted by Gasteiger charge is -2.30. The van der Waals surface area contributed by atoms with Crippen LogP contribution in [0.15, 0.2) is 46.2 Å². The molecule has 11 nitrogen and oxygen atoms in total. The van der Waals surface area contributed by atoms with Crippen LogP contribution in [0.3, 0.4) is 0 Å². The normalized spacial score (nSPS) is 15.9. The molecule has 0 saturated carbocycles. The molecular formula is C15H15ClN4O7S2. The third-order valence-corrected chi connectivity index (χ3v) is 7.30. The largest absolute Gasteiger partial charge is 0.370 e. The Morgan fingerprint density at radius 1 is 1.28 bits per heavy atom. The van der Waals surface area contributed by atoms with Crippen LogP contribution < -0.4 is 10.5 Å². The molecule has 0 unspecified atom stereocenters. The first kappa shape index (κ1) is 21.3. The van der Waals surface area contributed by atoms with E-state index in [1.165, 1.54) is 6.07 Å². The molecule has 0 aliphatic carbocycles. The van der Waals surface area contributed by atoms with Crippen LogP contribution in [0.4, 0.5) is 5.69 Å². The van der Waals surface area contributed by atoms with Crippen molar-refractivity contribution in [2.45, 2.75) is 22.9 Å². The summed E-state index contributed by atoms with van der Waals surface area (Å²) in [5.41, 5.74) is 1.21. The van der Waals surface area contributed by atoms with Crippen molar-refractivity contribution in [3.8, 4) is 0 Å². The van der Waals surface area contributed by atoms with Gasteiger partial charge in [0.1, 0.15) is 16.4 Å². The summed E-state index contributed by atoms with van der Waals surface area (Å²) in [6.45, 7) is -0.421. The minimum atomic E-state index is -4.22. The monoisotopic (exact) mass is 462 g/mol. The summed E-state index contributed by atoms with van der Waals surface area (Å²) < 4.78 is 50.4. The van der Waals surface area contributed by atoms with Crippen molar-refractivity contribution in [1.82, 2.24) is 4.31 Å². The molecule has 3 N–H and O–H groups in total. The molecule has 0 spiro atoms. The molecule has 0 bridgehead atoms. The Bertz CT molecular complexity index is 1190. The molecule has 0 aromatic heterocycles. The van der Waals surface area contributed by atoms with E-state index >= 15 is 0 Å². The lowest BCUT2D eigenvalue weighted by Crippen LogP contribution is -2.39. The van der Waals surface area contributed by atoms with Gasteiger partial charge in [-0.3, -0.25) is 0 Å². The van der Waals surface area contributed by atoms with Gasteiger partial charge < -0.3 is 10.2 Å². The van der Waals surface area contributed by atoms with E-state index in [4.69, 9.17) is 16.7 Å². The number of primary sulfonamides is 1. The van der Waals surface area contributed by atoms with Crippen LogP contribution in [0.5, 0.6) is 0 Å². The number of sulfonamides is 2. The fourth-order valence-corrected chi connectivity index (χ4v) is 5.47. The Kier molecular flexibility index (Phi) is 5.69. The number of nitrogens with zero attached hydrogens (tertiary/aromatic N) is 2. The standard InChI is InChI=1S/C15H15ClN4O7S2/c16-12-5-13-15(6-14(12)28(17,23)24)29(25,26)19(9-18-13)7-10-2-1-3-11(4-10)8-27-20(21)22/h1-6,18H,7-9H2,(H2,17,23,24). The number of nitrogens with one attached hydrogen (secondary N) is 1. The molecule has 0 atom stereocenters. The molecule has 1 aliphatic heterocycles. The first-order valence-electron chi connectivity index (χ1n) is 7.94. The SMILES string of the molecule is NS(=O)(=O)c1cc2c(cc1Cl)NCN(Cc1cccc(CO[N+](=O)[O-])c1)S2(=O)=O. The van der Waals surface area contributed by atoms with Crippen molar-refractivity contribution in [2.24, 2.45) is 5.14 Å². The van der Waals surface area contributed by atoms with Gasteiger partial charge in [0.05, 0.1) is 17.4 Å². The third-order valence-electron chi connectivity index (χ3n) is 4.09. The number of halogens is 1.